The summed E-state index contributed by atoms with van der Waals surface area (Å²) < 4.78 is 13.9. The van der Waals surface area contributed by atoms with Crippen LogP contribution in [0.25, 0.3) is 11.3 Å². The second-order valence-electron chi connectivity index (χ2n) is 10.8. The summed E-state index contributed by atoms with van der Waals surface area (Å²) in [5, 5.41) is 6.27. The largest absolute Gasteiger partial charge is 0.354 e. The minimum absolute atomic E-state index is 0.186. The standard InChI is InChI=1S/C32H36FN5O2/c1-36(2)21-23-6-12-26(13-7-23)34-31(30-27-14-11-25(33)20-28(27)35-32(30)40)24-9-4-22(5-10-24)8-15-29(39)38-18-16-37(3)17-19-38/h4-7,9-14,20,34H,8,15-19,21H2,1-3H3,(H,35,40)/b31-30-. The molecule has 8 heteroatoms. The number of aryl methyl sites for hydroxylation is 1. The number of hydrogen-bond donors (Lipinski definition) is 2. The van der Waals surface area contributed by atoms with Crippen LogP contribution in [0.5, 0.6) is 0 Å². The molecule has 5 rings (SSSR count). The second-order valence-corrected chi connectivity index (χ2v) is 10.8. The van der Waals surface area contributed by atoms with E-state index in [1.54, 1.807) is 6.07 Å². The third-order valence-electron chi connectivity index (χ3n) is 7.42. The summed E-state index contributed by atoms with van der Waals surface area (Å²) in [6, 6.07) is 20.4. The van der Waals surface area contributed by atoms with Gasteiger partial charge >= 0.3 is 0 Å². The van der Waals surface area contributed by atoms with Crippen molar-refractivity contribution in [2.24, 2.45) is 0 Å². The first-order valence-corrected chi connectivity index (χ1v) is 13.7. The summed E-state index contributed by atoms with van der Waals surface area (Å²) in [5.74, 6) is -0.498. The SMILES string of the molecule is CN(C)Cc1ccc(N/C(=C2\C(=O)Nc3cc(F)ccc32)c2ccc(CCC(=O)N3CCN(C)CC3)cc2)cc1. The fraction of sp³-hybridized carbons (Fsp3) is 0.312. The highest BCUT2D eigenvalue weighted by molar-refractivity contribution is 6.37. The summed E-state index contributed by atoms with van der Waals surface area (Å²) >= 11 is 0. The van der Waals surface area contributed by atoms with Crippen molar-refractivity contribution in [3.05, 3.63) is 94.8 Å². The predicted molar refractivity (Wildman–Crippen MR) is 158 cm³/mol. The average Bonchev–Trinajstić information content (AvgIpc) is 3.26. The number of fused-ring (bicyclic) bond motifs is 1. The number of nitrogens with zero attached hydrogens (tertiary/aromatic N) is 3. The maximum atomic E-state index is 13.9. The number of anilines is 2. The van der Waals surface area contributed by atoms with Gasteiger partial charge in [0.15, 0.2) is 0 Å². The Morgan fingerprint density at radius 3 is 2.30 bits per heavy atom. The van der Waals surface area contributed by atoms with E-state index >= 15 is 0 Å². The Labute approximate surface area is 235 Å². The maximum Gasteiger partial charge on any atom is 0.258 e. The van der Waals surface area contributed by atoms with Crippen molar-refractivity contribution in [1.29, 1.82) is 0 Å². The lowest BCUT2D eigenvalue weighted by molar-refractivity contribution is -0.132. The second kappa shape index (κ2) is 12.0. The van der Waals surface area contributed by atoms with Crippen LogP contribution in [-0.2, 0) is 22.6 Å². The molecule has 2 heterocycles. The molecular formula is C32H36FN5O2. The summed E-state index contributed by atoms with van der Waals surface area (Å²) in [6.07, 6.45) is 1.12. The van der Waals surface area contributed by atoms with E-state index in [1.807, 2.05) is 55.4 Å². The van der Waals surface area contributed by atoms with E-state index in [1.165, 1.54) is 17.7 Å². The number of piperazine rings is 1. The minimum Gasteiger partial charge on any atom is -0.354 e. The predicted octanol–water partition coefficient (Wildman–Crippen LogP) is 4.53. The maximum absolute atomic E-state index is 13.9. The molecule has 0 atom stereocenters. The van der Waals surface area contributed by atoms with Gasteiger partial charge in [-0.1, -0.05) is 36.4 Å². The first-order chi connectivity index (χ1) is 19.3. The van der Waals surface area contributed by atoms with Gasteiger partial charge in [0.2, 0.25) is 5.91 Å². The highest BCUT2D eigenvalue weighted by atomic mass is 19.1. The van der Waals surface area contributed by atoms with Gasteiger partial charge in [0.25, 0.3) is 5.91 Å². The number of carbonyl (C=O) groups is 2. The lowest BCUT2D eigenvalue weighted by atomic mass is 9.98. The van der Waals surface area contributed by atoms with Gasteiger partial charge in [-0.05, 0) is 74.6 Å². The van der Waals surface area contributed by atoms with Crippen molar-refractivity contribution < 1.29 is 14.0 Å². The fourth-order valence-electron chi connectivity index (χ4n) is 5.18. The molecule has 40 heavy (non-hydrogen) atoms. The monoisotopic (exact) mass is 541 g/mol. The number of hydrogen-bond acceptors (Lipinski definition) is 5. The van der Waals surface area contributed by atoms with Gasteiger partial charge in [-0.3, -0.25) is 9.59 Å². The highest BCUT2D eigenvalue weighted by Crippen LogP contribution is 2.38. The van der Waals surface area contributed by atoms with E-state index in [2.05, 4.69) is 39.6 Å². The molecular weight excluding hydrogens is 505 g/mol. The number of amides is 2. The van der Waals surface area contributed by atoms with Gasteiger partial charge in [0.1, 0.15) is 5.82 Å². The van der Waals surface area contributed by atoms with Gasteiger partial charge < -0.3 is 25.3 Å². The molecule has 208 valence electrons. The molecule has 0 unspecified atom stereocenters. The molecule has 1 saturated heterocycles. The van der Waals surface area contributed by atoms with E-state index in [4.69, 9.17) is 0 Å². The molecule has 3 aromatic carbocycles. The third-order valence-corrected chi connectivity index (χ3v) is 7.42. The van der Waals surface area contributed by atoms with Gasteiger partial charge in [-0.25, -0.2) is 4.39 Å². The third kappa shape index (κ3) is 6.41. The van der Waals surface area contributed by atoms with Crippen LogP contribution in [0.15, 0.2) is 66.7 Å². The zero-order valence-corrected chi connectivity index (χ0v) is 23.3. The average molecular weight is 542 g/mol. The number of benzene rings is 3. The summed E-state index contributed by atoms with van der Waals surface area (Å²) in [5.41, 5.74) is 6.12. The number of nitrogens with one attached hydrogen (secondary N) is 2. The molecule has 0 aromatic heterocycles. The van der Waals surface area contributed by atoms with Crippen LogP contribution in [0, 0.1) is 5.82 Å². The Hall–Kier alpha value is -4.01. The molecule has 2 N–H and O–H groups in total. The Morgan fingerprint density at radius 1 is 0.950 bits per heavy atom. The van der Waals surface area contributed by atoms with Crippen LogP contribution in [0.3, 0.4) is 0 Å². The number of likely N-dealkylation sites (N-methyl/N-ethyl adjacent to an activating group) is 1. The molecule has 0 saturated carbocycles. The molecule has 2 amide bonds. The van der Waals surface area contributed by atoms with Crippen LogP contribution in [0.4, 0.5) is 15.8 Å². The van der Waals surface area contributed by atoms with Crippen LogP contribution in [0.2, 0.25) is 0 Å². The van der Waals surface area contributed by atoms with Gasteiger partial charge in [-0.15, -0.1) is 0 Å². The lowest BCUT2D eigenvalue weighted by Crippen LogP contribution is -2.47. The summed E-state index contributed by atoms with van der Waals surface area (Å²) in [4.78, 5) is 32.2. The van der Waals surface area contributed by atoms with Crippen LogP contribution < -0.4 is 10.6 Å². The highest BCUT2D eigenvalue weighted by Gasteiger charge is 2.29. The molecule has 2 aliphatic rings. The molecule has 0 spiro atoms. The Bertz CT molecular complexity index is 1410. The zero-order chi connectivity index (χ0) is 28.2. The van der Waals surface area contributed by atoms with Crippen molar-refractivity contribution in [2.75, 3.05) is 58.0 Å². The fourth-order valence-corrected chi connectivity index (χ4v) is 5.18. The van der Waals surface area contributed by atoms with Crippen molar-refractivity contribution in [3.8, 4) is 0 Å². The summed E-state index contributed by atoms with van der Waals surface area (Å²) in [6.45, 7) is 4.20. The van der Waals surface area contributed by atoms with E-state index in [0.29, 0.717) is 35.4 Å². The van der Waals surface area contributed by atoms with Gasteiger partial charge in [-0.2, -0.15) is 0 Å². The molecule has 0 aliphatic carbocycles. The topological polar surface area (TPSA) is 67.9 Å². The molecule has 7 nitrogen and oxygen atoms in total. The molecule has 2 aliphatic heterocycles. The summed E-state index contributed by atoms with van der Waals surface area (Å²) in [7, 11) is 6.13. The van der Waals surface area contributed by atoms with Crippen molar-refractivity contribution in [2.45, 2.75) is 19.4 Å². The first-order valence-electron chi connectivity index (χ1n) is 13.7. The zero-order valence-electron chi connectivity index (χ0n) is 23.3. The van der Waals surface area contributed by atoms with Crippen molar-refractivity contribution in [1.82, 2.24) is 14.7 Å². The van der Waals surface area contributed by atoms with Crippen molar-refractivity contribution in [3.63, 3.8) is 0 Å². The minimum atomic E-state index is -0.401. The number of halogens is 1. The van der Waals surface area contributed by atoms with Crippen LogP contribution in [0.1, 0.15) is 28.7 Å². The van der Waals surface area contributed by atoms with E-state index in [0.717, 1.165) is 49.5 Å². The van der Waals surface area contributed by atoms with Gasteiger partial charge in [0.05, 0.1) is 17.0 Å². The van der Waals surface area contributed by atoms with Crippen LogP contribution >= 0.6 is 0 Å². The van der Waals surface area contributed by atoms with Gasteiger partial charge in [0, 0.05) is 50.4 Å². The molecule has 0 bridgehead atoms. The first kappa shape index (κ1) is 27.6. The molecule has 1 fully saturated rings. The number of carbonyl (C=O) groups excluding carboxylic acids is 2. The van der Waals surface area contributed by atoms with E-state index in [9.17, 15) is 14.0 Å². The quantitative estimate of drug-likeness (QED) is 0.411. The van der Waals surface area contributed by atoms with E-state index in [-0.39, 0.29) is 11.8 Å². The van der Waals surface area contributed by atoms with Crippen LogP contribution in [-0.4, -0.2) is 73.8 Å². The van der Waals surface area contributed by atoms with Crippen molar-refractivity contribution >= 4 is 34.5 Å². The van der Waals surface area contributed by atoms with E-state index < -0.39 is 5.82 Å². The Morgan fingerprint density at radius 2 is 1.62 bits per heavy atom. The lowest BCUT2D eigenvalue weighted by Gasteiger charge is -2.32. The smallest absolute Gasteiger partial charge is 0.258 e. The Balaban J connectivity index is 1.40. The Kier molecular flexibility index (Phi) is 8.28. The normalized spacial score (nSPS) is 16.6. The molecule has 0 radical (unpaired) electrons. The number of rotatable bonds is 8. The molecule has 3 aromatic rings.